The zero-order valence-electron chi connectivity index (χ0n) is 17.3. The highest BCUT2D eigenvalue weighted by Crippen LogP contribution is 2.22. The molecule has 0 spiro atoms. The van der Waals surface area contributed by atoms with Gasteiger partial charge >= 0.3 is 0 Å². The molecule has 0 aromatic heterocycles. The maximum absolute atomic E-state index is 14.6. The highest BCUT2D eigenvalue weighted by Gasteiger charge is 2.18. The van der Waals surface area contributed by atoms with Crippen LogP contribution in [0.4, 0.5) is 10.1 Å². The van der Waals surface area contributed by atoms with E-state index in [9.17, 15) is 4.39 Å². The Morgan fingerprint density at radius 2 is 1.93 bits per heavy atom. The Kier molecular flexibility index (Phi) is 12.9. The number of anilines is 1. The first-order chi connectivity index (χ1) is 13.2. The Hall–Kier alpha value is -0.740. The van der Waals surface area contributed by atoms with Crippen LogP contribution in [0.2, 0.25) is 0 Å². The number of nitrogens with one attached hydrogen (secondary N) is 2. The van der Waals surface area contributed by atoms with Crippen molar-refractivity contribution in [1.82, 2.24) is 15.5 Å². The van der Waals surface area contributed by atoms with E-state index in [0.29, 0.717) is 12.2 Å². The second-order valence-corrected chi connectivity index (χ2v) is 7.75. The third kappa shape index (κ3) is 8.32. The summed E-state index contributed by atoms with van der Waals surface area (Å²) in [5.41, 5.74) is 1.64. The van der Waals surface area contributed by atoms with E-state index in [-0.39, 0.29) is 29.8 Å². The van der Waals surface area contributed by atoms with E-state index in [2.05, 4.69) is 38.6 Å². The van der Waals surface area contributed by atoms with Crippen LogP contribution in [0.3, 0.4) is 0 Å². The van der Waals surface area contributed by atoms with E-state index >= 15 is 0 Å². The second kappa shape index (κ2) is 14.3. The average molecular weight is 524 g/mol. The van der Waals surface area contributed by atoms with Crippen LogP contribution in [0.1, 0.15) is 25.3 Å². The van der Waals surface area contributed by atoms with Gasteiger partial charge in [-0.25, -0.2) is 4.39 Å². The van der Waals surface area contributed by atoms with E-state index in [4.69, 9.17) is 0 Å². The minimum atomic E-state index is -0.140. The summed E-state index contributed by atoms with van der Waals surface area (Å²) in [5, 5.41) is 6.57. The lowest BCUT2D eigenvalue weighted by Crippen LogP contribution is -2.46. The quantitative estimate of drug-likeness (QED) is 0.225. The molecule has 28 heavy (non-hydrogen) atoms. The SMILES string of the molecule is CCN1CCN(c2ccc(CNC(=NC)NCCCCSC)cc2F)CC1.I. The summed E-state index contributed by atoms with van der Waals surface area (Å²) in [6.45, 7) is 8.46. The Bertz CT molecular complexity index is 594. The largest absolute Gasteiger partial charge is 0.367 e. The molecule has 1 aromatic carbocycles. The van der Waals surface area contributed by atoms with Crippen LogP contribution in [0.5, 0.6) is 0 Å². The number of rotatable bonds is 9. The van der Waals surface area contributed by atoms with Gasteiger partial charge < -0.3 is 20.4 Å². The van der Waals surface area contributed by atoms with Gasteiger partial charge in [-0.3, -0.25) is 4.99 Å². The average Bonchev–Trinajstić information content (AvgIpc) is 2.70. The van der Waals surface area contributed by atoms with Crippen molar-refractivity contribution < 1.29 is 4.39 Å². The molecule has 0 bridgehead atoms. The number of nitrogens with zero attached hydrogens (tertiary/aromatic N) is 3. The molecule has 0 radical (unpaired) electrons. The van der Waals surface area contributed by atoms with Gasteiger partial charge in [-0.15, -0.1) is 24.0 Å². The summed E-state index contributed by atoms with van der Waals surface area (Å²) in [5.74, 6) is 1.81. The number of halogens is 2. The predicted octanol–water partition coefficient (Wildman–Crippen LogP) is 3.39. The fourth-order valence-corrected chi connectivity index (χ4v) is 3.70. The van der Waals surface area contributed by atoms with Crippen molar-refractivity contribution in [1.29, 1.82) is 0 Å². The van der Waals surface area contributed by atoms with E-state index < -0.39 is 0 Å². The van der Waals surface area contributed by atoms with Crippen molar-refractivity contribution in [2.75, 3.05) is 63.2 Å². The molecule has 1 heterocycles. The summed E-state index contributed by atoms with van der Waals surface area (Å²) >= 11 is 1.87. The molecule has 1 fully saturated rings. The van der Waals surface area contributed by atoms with Gasteiger partial charge in [0, 0.05) is 46.3 Å². The number of thioether (sulfide) groups is 1. The number of aliphatic imine (C=N–C) groups is 1. The number of hydrogen-bond acceptors (Lipinski definition) is 4. The summed E-state index contributed by atoms with van der Waals surface area (Å²) in [7, 11) is 1.76. The normalized spacial score (nSPS) is 15.3. The van der Waals surface area contributed by atoms with Gasteiger partial charge in [0.05, 0.1) is 5.69 Å². The Morgan fingerprint density at radius 3 is 2.54 bits per heavy atom. The van der Waals surface area contributed by atoms with Crippen LogP contribution in [0, 0.1) is 5.82 Å². The summed E-state index contributed by atoms with van der Waals surface area (Å²) in [4.78, 5) is 8.77. The van der Waals surface area contributed by atoms with Crippen LogP contribution >= 0.6 is 35.7 Å². The smallest absolute Gasteiger partial charge is 0.191 e. The molecule has 1 aliphatic rings. The number of piperazine rings is 1. The van der Waals surface area contributed by atoms with Crippen molar-refractivity contribution in [3.05, 3.63) is 29.6 Å². The minimum absolute atomic E-state index is 0. The lowest BCUT2D eigenvalue weighted by Gasteiger charge is -2.35. The molecule has 0 atom stereocenters. The van der Waals surface area contributed by atoms with Gasteiger partial charge in [-0.05, 0) is 49.1 Å². The molecule has 0 amide bonds. The summed E-state index contributed by atoms with van der Waals surface area (Å²) in [6.07, 6.45) is 4.45. The number of guanidine groups is 1. The van der Waals surface area contributed by atoms with Crippen LogP contribution in [-0.2, 0) is 6.54 Å². The summed E-state index contributed by atoms with van der Waals surface area (Å²) in [6, 6.07) is 5.55. The Balaban J connectivity index is 0.00000392. The van der Waals surface area contributed by atoms with Crippen LogP contribution in [0.15, 0.2) is 23.2 Å². The molecule has 0 saturated carbocycles. The lowest BCUT2D eigenvalue weighted by molar-refractivity contribution is 0.270. The van der Waals surface area contributed by atoms with E-state index in [1.54, 1.807) is 13.1 Å². The van der Waals surface area contributed by atoms with E-state index in [1.807, 2.05) is 23.9 Å². The molecule has 0 aliphatic carbocycles. The van der Waals surface area contributed by atoms with E-state index in [1.165, 1.54) is 12.2 Å². The first-order valence-corrected chi connectivity index (χ1v) is 11.3. The topological polar surface area (TPSA) is 42.9 Å². The van der Waals surface area contributed by atoms with Crippen molar-refractivity contribution in [2.24, 2.45) is 4.99 Å². The highest BCUT2D eigenvalue weighted by atomic mass is 127. The molecular formula is C20H35FIN5S. The van der Waals surface area contributed by atoms with Gasteiger partial charge in [0.1, 0.15) is 5.82 Å². The lowest BCUT2D eigenvalue weighted by atomic mass is 10.1. The molecule has 1 saturated heterocycles. The van der Waals surface area contributed by atoms with E-state index in [0.717, 1.165) is 57.2 Å². The van der Waals surface area contributed by atoms with Gasteiger partial charge in [0.15, 0.2) is 5.96 Å². The molecule has 8 heteroatoms. The first-order valence-electron chi connectivity index (χ1n) is 9.87. The molecule has 2 N–H and O–H groups in total. The third-order valence-corrected chi connectivity index (χ3v) is 5.62. The predicted molar refractivity (Wildman–Crippen MR) is 132 cm³/mol. The Labute approximate surface area is 190 Å². The molecule has 5 nitrogen and oxygen atoms in total. The van der Waals surface area contributed by atoms with Gasteiger partial charge in [-0.1, -0.05) is 13.0 Å². The van der Waals surface area contributed by atoms with Gasteiger partial charge in [-0.2, -0.15) is 11.8 Å². The fraction of sp³-hybridized carbons (Fsp3) is 0.650. The van der Waals surface area contributed by atoms with Crippen molar-refractivity contribution in [3.8, 4) is 0 Å². The number of likely N-dealkylation sites (N-methyl/N-ethyl adjacent to an activating group) is 1. The summed E-state index contributed by atoms with van der Waals surface area (Å²) < 4.78 is 14.6. The van der Waals surface area contributed by atoms with Crippen molar-refractivity contribution in [3.63, 3.8) is 0 Å². The minimum Gasteiger partial charge on any atom is -0.367 e. The monoisotopic (exact) mass is 523 g/mol. The molecule has 2 rings (SSSR count). The zero-order chi connectivity index (χ0) is 19.5. The van der Waals surface area contributed by atoms with Crippen molar-refractivity contribution in [2.45, 2.75) is 26.3 Å². The number of hydrogen-bond donors (Lipinski definition) is 2. The molecule has 1 aliphatic heterocycles. The standard InChI is InChI=1S/C20H34FN5S.HI/c1-4-25-10-12-26(13-11-25)19-8-7-17(15-18(19)21)16-24-20(22-2)23-9-5-6-14-27-3;/h7-8,15H,4-6,9-14,16H2,1-3H3,(H2,22,23,24);1H. The zero-order valence-corrected chi connectivity index (χ0v) is 20.5. The van der Waals surface area contributed by atoms with Crippen LogP contribution in [-0.4, -0.2) is 69.2 Å². The fourth-order valence-electron chi connectivity index (χ4n) is 3.21. The number of benzene rings is 1. The number of unbranched alkanes of at least 4 members (excludes halogenated alkanes) is 1. The van der Waals surface area contributed by atoms with Crippen molar-refractivity contribution >= 4 is 47.4 Å². The maximum Gasteiger partial charge on any atom is 0.191 e. The molecule has 160 valence electrons. The molecule has 1 aromatic rings. The van der Waals surface area contributed by atoms with Gasteiger partial charge in [0.2, 0.25) is 0 Å². The third-order valence-electron chi connectivity index (χ3n) is 4.92. The van der Waals surface area contributed by atoms with Crippen LogP contribution < -0.4 is 15.5 Å². The highest BCUT2D eigenvalue weighted by molar-refractivity contribution is 14.0. The van der Waals surface area contributed by atoms with Crippen LogP contribution in [0.25, 0.3) is 0 Å². The maximum atomic E-state index is 14.6. The first kappa shape index (κ1) is 25.3. The Morgan fingerprint density at radius 1 is 1.18 bits per heavy atom. The molecule has 0 unspecified atom stereocenters. The molecular weight excluding hydrogens is 488 g/mol. The van der Waals surface area contributed by atoms with Gasteiger partial charge in [0.25, 0.3) is 0 Å². The second-order valence-electron chi connectivity index (χ2n) is 6.76.